The van der Waals surface area contributed by atoms with Crippen molar-refractivity contribution in [1.29, 1.82) is 0 Å². The third-order valence-electron chi connectivity index (χ3n) is 1.73. The second kappa shape index (κ2) is 5.19. The van der Waals surface area contributed by atoms with E-state index in [-0.39, 0.29) is 6.61 Å². The molecular weight excluding hydrogens is 238 g/mol. The van der Waals surface area contributed by atoms with Crippen LogP contribution in [0.1, 0.15) is 6.92 Å². The zero-order chi connectivity index (χ0) is 13.0. The Balaban J connectivity index is 3.12. The van der Waals surface area contributed by atoms with Gasteiger partial charge in [0.1, 0.15) is 5.82 Å². The Labute approximate surface area is 94.3 Å². The van der Waals surface area contributed by atoms with E-state index in [1.54, 1.807) is 0 Å². The van der Waals surface area contributed by atoms with Gasteiger partial charge in [-0.2, -0.15) is 0 Å². The smallest absolute Gasteiger partial charge is 0.411 e. The Morgan fingerprint density at radius 1 is 1.53 bits per heavy atom. The summed E-state index contributed by atoms with van der Waals surface area (Å²) in [5, 5.41) is 12.4. The maximum Gasteiger partial charge on any atom is 0.411 e. The van der Waals surface area contributed by atoms with E-state index in [4.69, 9.17) is 0 Å². The molecule has 0 heterocycles. The van der Waals surface area contributed by atoms with Gasteiger partial charge in [0.25, 0.3) is 5.69 Å². The van der Waals surface area contributed by atoms with E-state index in [1.807, 2.05) is 5.32 Å². The summed E-state index contributed by atoms with van der Waals surface area (Å²) in [6, 6.07) is 0.930. The number of nitro groups is 1. The molecule has 92 valence electrons. The van der Waals surface area contributed by atoms with Crippen LogP contribution >= 0.6 is 0 Å². The van der Waals surface area contributed by atoms with Gasteiger partial charge >= 0.3 is 6.09 Å². The van der Waals surface area contributed by atoms with Crippen LogP contribution in [0.25, 0.3) is 0 Å². The third kappa shape index (κ3) is 3.10. The van der Waals surface area contributed by atoms with Gasteiger partial charge in [0.05, 0.1) is 17.6 Å². The number of carbonyl (C=O) groups excluding carboxylic acids is 1. The van der Waals surface area contributed by atoms with Crippen LogP contribution in [-0.2, 0) is 4.74 Å². The summed E-state index contributed by atoms with van der Waals surface area (Å²) in [4.78, 5) is 20.5. The fourth-order valence-electron chi connectivity index (χ4n) is 1.10. The van der Waals surface area contributed by atoms with Gasteiger partial charge < -0.3 is 4.74 Å². The van der Waals surface area contributed by atoms with Crippen molar-refractivity contribution in [3.63, 3.8) is 0 Å². The minimum absolute atomic E-state index is 0.0163. The van der Waals surface area contributed by atoms with Crippen molar-refractivity contribution < 1.29 is 23.2 Å². The SMILES string of the molecule is CCOC(=O)Nc1c(F)cc(F)cc1[N+](=O)[O-]. The quantitative estimate of drug-likeness (QED) is 0.656. The lowest BCUT2D eigenvalue weighted by Crippen LogP contribution is -2.15. The Morgan fingerprint density at radius 2 is 2.18 bits per heavy atom. The first-order chi connectivity index (χ1) is 7.95. The summed E-state index contributed by atoms with van der Waals surface area (Å²) >= 11 is 0. The van der Waals surface area contributed by atoms with Crippen molar-refractivity contribution in [3.05, 3.63) is 33.9 Å². The van der Waals surface area contributed by atoms with E-state index in [2.05, 4.69) is 4.74 Å². The molecule has 0 unspecified atom stereocenters. The minimum atomic E-state index is -1.25. The Kier molecular flexibility index (Phi) is 3.91. The second-order valence-electron chi connectivity index (χ2n) is 2.88. The van der Waals surface area contributed by atoms with Crippen molar-refractivity contribution in [2.24, 2.45) is 0 Å². The lowest BCUT2D eigenvalue weighted by molar-refractivity contribution is -0.384. The highest BCUT2D eigenvalue weighted by Gasteiger charge is 2.22. The molecule has 0 spiro atoms. The van der Waals surface area contributed by atoms with Gasteiger partial charge in [-0.05, 0) is 6.92 Å². The molecule has 1 rings (SSSR count). The number of anilines is 1. The zero-order valence-electron chi connectivity index (χ0n) is 8.70. The summed E-state index contributed by atoms with van der Waals surface area (Å²) < 4.78 is 30.5. The molecule has 0 aromatic heterocycles. The lowest BCUT2D eigenvalue weighted by atomic mass is 10.2. The lowest BCUT2D eigenvalue weighted by Gasteiger charge is -2.06. The number of nitrogens with one attached hydrogen (secondary N) is 1. The molecule has 1 N–H and O–H groups in total. The molecule has 0 aliphatic carbocycles. The van der Waals surface area contributed by atoms with Gasteiger partial charge in [0, 0.05) is 6.07 Å². The van der Waals surface area contributed by atoms with E-state index in [1.165, 1.54) is 6.92 Å². The van der Waals surface area contributed by atoms with Crippen molar-refractivity contribution in [2.75, 3.05) is 11.9 Å². The molecule has 0 aliphatic rings. The minimum Gasteiger partial charge on any atom is -0.450 e. The van der Waals surface area contributed by atoms with Gasteiger partial charge in [0.15, 0.2) is 11.5 Å². The fraction of sp³-hybridized carbons (Fsp3) is 0.222. The topological polar surface area (TPSA) is 81.5 Å². The number of nitrogens with zero attached hydrogens (tertiary/aromatic N) is 1. The Bertz CT molecular complexity index is 465. The van der Waals surface area contributed by atoms with Crippen LogP contribution in [0.5, 0.6) is 0 Å². The summed E-state index contributed by atoms with van der Waals surface area (Å²) in [6.07, 6.45) is -1.05. The number of amides is 1. The summed E-state index contributed by atoms with van der Waals surface area (Å²) in [7, 11) is 0. The Morgan fingerprint density at radius 3 is 2.71 bits per heavy atom. The summed E-state index contributed by atoms with van der Waals surface area (Å²) in [5.41, 5.74) is -1.61. The van der Waals surface area contributed by atoms with Crippen LogP contribution in [0.4, 0.5) is 25.0 Å². The highest BCUT2D eigenvalue weighted by molar-refractivity contribution is 5.88. The first-order valence-electron chi connectivity index (χ1n) is 4.53. The number of ether oxygens (including phenoxy) is 1. The van der Waals surface area contributed by atoms with Gasteiger partial charge in [0.2, 0.25) is 0 Å². The highest BCUT2D eigenvalue weighted by Crippen LogP contribution is 2.28. The van der Waals surface area contributed by atoms with Crippen molar-refractivity contribution in [1.82, 2.24) is 0 Å². The molecule has 0 aliphatic heterocycles. The van der Waals surface area contributed by atoms with Crippen LogP contribution in [0.2, 0.25) is 0 Å². The molecule has 17 heavy (non-hydrogen) atoms. The molecule has 8 heteroatoms. The average Bonchev–Trinajstić information content (AvgIpc) is 2.21. The molecule has 1 amide bonds. The first-order valence-corrected chi connectivity index (χ1v) is 4.53. The maximum absolute atomic E-state index is 13.3. The third-order valence-corrected chi connectivity index (χ3v) is 1.73. The molecule has 0 bridgehead atoms. The summed E-state index contributed by atoms with van der Waals surface area (Å²) in [6.45, 7) is 1.53. The van der Waals surface area contributed by atoms with Gasteiger partial charge in [-0.3, -0.25) is 15.4 Å². The van der Waals surface area contributed by atoms with E-state index >= 15 is 0 Å². The molecule has 0 saturated carbocycles. The molecule has 0 radical (unpaired) electrons. The van der Waals surface area contributed by atoms with Crippen molar-refractivity contribution in [3.8, 4) is 0 Å². The van der Waals surface area contributed by atoms with Gasteiger partial charge in [-0.15, -0.1) is 0 Å². The van der Waals surface area contributed by atoms with Crippen molar-refractivity contribution in [2.45, 2.75) is 6.92 Å². The van der Waals surface area contributed by atoms with Crippen LogP contribution in [0, 0.1) is 21.7 Å². The number of nitro benzene ring substituents is 1. The standard InChI is InChI=1S/C9H8F2N2O4/c1-2-17-9(14)12-8-6(11)3-5(10)4-7(8)13(15)16/h3-4H,2H2,1H3,(H,12,14). The largest absolute Gasteiger partial charge is 0.450 e. The second-order valence-corrected chi connectivity index (χ2v) is 2.88. The van der Waals surface area contributed by atoms with E-state index in [0.717, 1.165) is 0 Å². The summed E-state index contributed by atoms with van der Waals surface area (Å²) in [5.74, 6) is -2.35. The molecular formula is C9H8F2N2O4. The van der Waals surface area contributed by atoms with Gasteiger partial charge in [-0.25, -0.2) is 13.6 Å². The van der Waals surface area contributed by atoms with E-state index in [0.29, 0.717) is 12.1 Å². The van der Waals surface area contributed by atoms with E-state index < -0.39 is 34.0 Å². The number of hydrogen-bond acceptors (Lipinski definition) is 4. The molecule has 0 saturated heterocycles. The predicted molar refractivity (Wildman–Crippen MR) is 53.7 cm³/mol. The van der Waals surface area contributed by atoms with Crippen molar-refractivity contribution >= 4 is 17.5 Å². The van der Waals surface area contributed by atoms with Crippen LogP contribution in [0.15, 0.2) is 12.1 Å². The molecule has 1 aromatic rings. The van der Waals surface area contributed by atoms with Crippen LogP contribution in [0.3, 0.4) is 0 Å². The number of rotatable bonds is 3. The monoisotopic (exact) mass is 246 g/mol. The van der Waals surface area contributed by atoms with Gasteiger partial charge in [-0.1, -0.05) is 0 Å². The number of carbonyl (C=O) groups is 1. The van der Waals surface area contributed by atoms with E-state index in [9.17, 15) is 23.7 Å². The zero-order valence-corrected chi connectivity index (χ0v) is 8.70. The number of benzene rings is 1. The molecule has 6 nitrogen and oxygen atoms in total. The van der Waals surface area contributed by atoms with Crippen LogP contribution < -0.4 is 5.32 Å². The molecule has 0 fully saturated rings. The molecule has 1 aromatic carbocycles. The average molecular weight is 246 g/mol. The maximum atomic E-state index is 13.3. The number of halogens is 2. The Hall–Kier alpha value is -2.25. The first kappa shape index (κ1) is 12.8. The predicted octanol–water partition coefficient (Wildman–Crippen LogP) is 2.44. The number of hydrogen-bond donors (Lipinski definition) is 1. The fourth-order valence-corrected chi connectivity index (χ4v) is 1.10. The molecule has 0 atom stereocenters. The highest BCUT2D eigenvalue weighted by atomic mass is 19.1. The van der Waals surface area contributed by atoms with Crippen LogP contribution in [-0.4, -0.2) is 17.6 Å². The normalized spacial score (nSPS) is 9.82.